The largest absolute Gasteiger partial charge is 0.480 e. The van der Waals surface area contributed by atoms with Gasteiger partial charge in [0, 0.05) is 29.9 Å². The number of carbonyl (C=O) groups is 3. The van der Waals surface area contributed by atoms with E-state index in [-0.39, 0.29) is 31.2 Å². The highest BCUT2D eigenvalue weighted by atomic mass is 35.5. The van der Waals surface area contributed by atoms with Crippen molar-refractivity contribution in [1.29, 1.82) is 0 Å². The monoisotopic (exact) mass is 500 g/mol. The summed E-state index contributed by atoms with van der Waals surface area (Å²) in [6, 6.07) is 15.3. The second kappa shape index (κ2) is 14.1. The number of aliphatic carboxylic acids is 1. The van der Waals surface area contributed by atoms with Crippen LogP contribution in [0.5, 0.6) is 0 Å². The van der Waals surface area contributed by atoms with E-state index in [0.29, 0.717) is 32.2 Å². The van der Waals surface area contributed by atoms with Crippen LogP contribution in [0.4, 0.5) is 0 Å². The van der Waals surface area contributed by atoms with Crippen molar-refractivity contribution >= 4 is 41.1 Å². The summed E-state index contributed by atoms with van der Waals surface area (Å²) in [6.07, 6.45) is 4.43. The summed E-state index contributed by atoms with van der Waals surface area (Å²) in [6.45, 7) is 0.481. The van der Waals surface area contributed by atoms with E-state index in [2.05, 4.69) is 15.6 Å². The molecule has 0 fully saturated rings. The Kier molecular flexibility index (Phi) is 11.3. The molecule has 9 heteroatoms. The summed E-state index contributed by atoms with van der Waals surface area (Å²) in [7, 11) is 0. The third-order valence-electron chi connectivity index (χ3n) is 5.80. The van der Waals surface area contributed by atoms with Gasteiger partial charge in [0.2, 0.25) is 11.8 Å². The molecule has 6 N–H and O–H groups in total. The maximum absolute atomic E-state index is 13.0. The smallest absolute Gasteiger partial charge is 0.326 e. The Balaban J connectivity index is 0.00000432. The summed E-state index contributed by atoms with van der Waals surface area (Å²) in [5.41, 5.74) is 8.31. The Morgan fingerprint density at radius 1 is 0.943 bits per heavy atom. The average molecular weight is 501 g/mol. The van der Waals surface area contributed by atoms with Crippen molar-refractivity contribution in [2.24, 2.45) is 5.73 Å². The first-order valence-corrected chi connectivity index (χ1v) is 11.6. The van der Waals surface area contributed by atoms with Crippen LogP contribution in [0.15, 0.2) is 60.8 Å². The summed E-state index contributed by atoms with van der Waals surface area (Å²) >= 11 is 0. The van der Waals surface area contributed by atoms with Crippen LogP contribution in [0.25, 0.3) is 10.9 Å². The molecule has 2 amide bonds. The number of nitrogens with two attached hydrogens (primary N) is 1. The van der Waals surface area contributed by atoms with Crippen LogP contribution in [0.2, 0.25) is 0 Å². The maximum Gasteiger partial charge on any atom is 0.326 e. The predicted octanol–water partition coefficient (Wildman–Crippen LogP) is 2.95. The minimum absolute atomic E-state index is 0. The van der Waals surface area contributed by atoms with Gasteiger partial charge in [0.05, 0.1) is 0 Å². The fourth-order valence-electron chi connectivity index (χ4n) is 3.92. The van der Waals surface area contributed by atoms with Crippen LogP contribution in [-0.2, 0) is 27.2 Å². The highest BCUT2D eigenvalue weighted by Gasteiger charge is 2.27. The number of carbonyl (C=O) groups excluding carboxylic acids is 2. The van der Waals surface area contributed by atoms with Gasteiger partial charge < -0.3 is 26.5 Å². The molecule has 0 spiro atoms. The number of carboxylic acids is 1. The lowest BCUT2D eigenvalue weighted by Crippen LogP contribution is -2.52. The van der Waals surface area contributed by atoms with E-state index in [4.69, 9.17) is 5.73 Å². The van der Waals surface area contributed by atoms with Crippen molar-refractivity contribution in [2.75, 3.05) is 6.54 Å². The van der Waals surface area contributed by atoms with Crippen molar-refractivity contribution in [3.63, 3.8) is 0 Å². The number of halogens is 1. The lowest BCUT2D eigenvalue weighted by Gasteiger charge is -2.21. The molecule has 0 bridgehead atoms. The van der Waals surface area contributed by atoms with E-state index in [1.54, 1.807) is 6.20 Å². The number of aryl methyl sites for hydroxylation is 1. The van der Waals surface area contributed by atoms with Crippen molar-refractivity contribution in [3.05, 3.63) is 71.9 Å². The van der Waals surface area contributed by atoms with Crippen LogP contribution in [0, 0.1) is 0 Å². The first kappa shape index (κ1) is 27.9. The van der Waals surface area contributed by atoms with Crippen molar-refractivity contribution in [1.82, 2.24) is 15.6 Å². The quantitative estimate of drug-likeness (QED) is 0.230. The fraction of sp³-hybridized carbons (Fsp3) is 0.346. The Morgan fingerprint density at radius 3 is 2.37 bits per heavy atom. The molecule has 1 heterocycles. The first-order valence-electron chi connectivity index (χ1n) is 11.6. The molecule has 0 saturated carbocycles. The molecule has 8 nitrogen and oxygen atoms in total. The maximum atomic E-state index is 13.0. The standard InChI is InChI=1S/C26H32N4O4.ClH/c27-15-7-6-12-22(29-24(31)14-13-18-8-2-1-3-9-18)25(32)30-23(26(33)34)16-19-17-28-21-11-5-4-10-20(19)21;/h1-5,8-11,17,22-23,28H,6-7,12-16,27H2,(H,29,31)(H,30,32)(H,33,34);1H/t22-,23-;/m0./s1. The number of hydrogen-bond donors (Lipinski definition) is 5. The molecule has 0 unspecified atom stereocenters. The summed E-state index contributed by atoms with van der Waals surface area (Å²) in [4.78, 5) is 40.6. The zero-order chi connectivity index (χ0) is 24.3. The molecule has 1 aromatic heterocycles. The Bertz CT molecular complexity index is 1100. The summed E-state index contributed by atoms with van der Waals surface area (Å²) in [5.74, 6) is -1.88. The van der Waals surface area contributed by atoms with E-state index in [1.807, 2.05) is 54.6 Å². The van der Waals surface area contributed by atoms with Gasteiger partial charge >= 0.3 is 5.97 Å². The lowest BCUT2D eigenvalue weighted by atomic mass is 10.0. The number of H-pyrrole nitrogens is 1. The van der Waals surface area contributed by atoms with E-state index >= 15 is 0 Å². The highest BCUT2D eigenvalue weighted by molar-refractivity contribution is 5.91. The highest BCUT2D eigenvalue weighted by Crippen LogP contribution is 2.19. The molecule has 35 heavy (non-hydrogen) atoms. The number of nitrogens with one attached hydrogen (secondary N) is 3. The van der Waals surface area contributed by atoms with E-state index in [1.165, 1.54) is 0 Å². The van der Waals surface area contributed by atoms with Crippen molar-refractivity contribution < 1.29 is 19.5 Å². The van der Waals surface area contributed by atoms with E-state index in [0.717, 1.165) is 22.0 Å². The van der Waals surface area contributed by atoms with Crippen molar-refractivity contribution in [3.8, 4) is 0 Å². The number of hydrogen-bond acceptors (Lipinski definition) is 4. The second-order valence-corrected chi connectivity index (χ2v) is 8.35. The van der Waals surface area contributed by atoms with Crippen LogP contribution in [-0.4, -0.2) is 46.5 Å². The topological polar surface area (TPSA) is 137 Å². The zero-order valence-electron chi connectivity index (χ0n) is 19.5. The minimum Gasteiger partial charge on any atom is -0.480 e. The van der Waals surface area contributed by atoms with Gasteiger partial charge in [-0.1, -0.05) is 48.5 Å². The summed E-state index contributed by atoms with van der Waals surface area (Å²) < 4.78 is 0. The minimum atomic E-state index is -1.13. The molecule has 0 aliphatic carbocycles. The molecule has 3 aromatic rings. The normalized spacial score (nSPS) is 12.4. The number of benzene rings is 2. The van der Waals surface area contributed by atoms with E-state index in [9.17, 15) is 19.5 Å². The first-order chi connectivity index (χ1) is 16.5. The van der Waals surface area contributed by atoms with Gasteiger partial charge in [0.15, 0.2) is 0 Å². The van der Waals surface area contributed by atoms with Crippen LogP contribution >= 0.6 is 12.4 Å². The molecule has 0 aliphatic rings. The van der Waals surface area contributed by atoms with Crippen LogP contribution in [0.1, 0.15) is 36.8 Å². The third kappa shape index (κ3) is 8.42. The molecule has 3 rings (SSSR count). The third-order valence-corrected chi connectivity index (χ3v) is 5.80. The van der Waals surface area contributed by atoms with Gasteiger partial charge in [-0.15, -0.1) is 12.4 Å². The number of para-hydroxylation sites is 1. The van der Waals surface area contributed by atoms with Crippen molar-refractivity contribution in [2.45, 2.75) is 50.6 Å². The second-order valence-electron chi connectivity index (χ2n) is 8.35. The van der Waals surface area contributed by atoms with E-state index < -0.39 is 24.0 Å². The van der Waals surface area contributed by atoms with Gasteiger partial charge in [0.25, 0.3) is 0 Å². The molecule has 0 saturated heterocycles. The molecule has 188 valence electrons. The number of aromatic nitrogens is 1. The molecule has 0 radical (unpaired) electrons. The summed E-state index contributed by atoms with van der Waals surface area (Å²) in [5, 5.41) is 16.1. The van der Waals surface area contributed by atoms with Gasteiger partial charge in [-0.05, 0) is 49.4 Å². The number of aromatic amines is 1. The van der Waals surface area contributed by atoms with Crippen LogP contribution < -0.4 is 16.4 Å². The van der Waals surface area contributed by atoms with Gasteiger partial charge in [-0.2, -0.15) is 0 Å². The molecular weight excluding hydrogens is 468 g/mol. The van der Waals surface area contributed by atoms with Crippen LogP contribution in [0.3, 0.4) is 0 Å². The number of carboxylic acid groups (broad SMARTS) is 1. The van der Waals surface area contributed by atoms with Gasteiger partial charge in [0.1, 0.15) is 12.1 Å². The SMILES string of the molecule is Cl.NCCCC[C@H](NC(=O)CCc1ccccc1)C(=O)N[C@@H](Cc1c[nH]c2ccccc12)C(=O)O. The molecule has 0 aliphatic heterocycles. The fourth-order valence-corrected chi connectivity index (χ4v) is 3.92. The van der Waals surface area contributed by atoms with Gasteiger partial charge in [-0.25, -0.2) is 4.79 Å². The zero-order valence-corrected chi connectivity index (χ0v) is 20.4. The average Bonchev–Trinajstić information content (AvgIpc) is 3.25. The number of unbranched alkanes of at least 4 members (excludes halogenated alkanes) is 1. The molecular formula is C26H33ClN4O4. The predicted molar refractivity (Wildman–Crippen MR) is 138 cm³/mol. The Morgan fingerprint density at radius 2 is 1.66 bits per heavy atom. The Hall–Kier alpha value is -3.36. The van der Waals surface area contributed by atoms with Gasteiger partial charge in [-0.3, -0.25) is 9.59 Å². The lowest BCUT2D eigenvalue weighted by molar-refractivity contribution is -0.142. The Labute approximate surface area is 211 Å². The number of fused-ring (bicyclic) bond motifs is 1. The number of amides is 2. The molecule has 2 aromatic carbocycles. The molecule has 2 atom stereocenters. The number of rotatable bonds is 13.